The van der Waals surface area contributed by atoms with Gasteiger partial charge in [-0.2, -0.15) is 0 Å². The Balaban J connectivity index is 2.30. The fourth-order valence-electron chi connectivity index (χ4n) is 1.82. The molecular formula is C15H18Cl2O3. The number of benzene rings is 1. The first-order valence-corrected chi connectivity index (χ1v) is 7.44. The number of unbranched alkanes of at least 4 members (excludes halogenated alkanes) is 2. The SMILES string of the molecule is CCOC(=O)CCCCCC(=O)c1cccc(Cl)c1Cl. The summed E-state index contributed by atoms with van der Waals surface area (Å²) in [6.45, 7) is 2.19. The van der Waals surface area contributed by atoms with E-state index in [1.165, 1.54) is 0 Å². The van der Waals surface area contributed by atoms with Crippen molar-refractivity contribution in [2.24, 2.45) is 0 Å². The highest BCUT2D eigenvalue weighted by atomic mass is 35.5. The van der Waals surface area contributed by atoms with Crippen LogP contribution in [-0.4, -0.2) is 18.4 Å². The number of carbonyl (C=O) groups excluding carboxylic acids is 2. The Morgan fingerprint density at radius 2 is 1.80 bits per heavy atom. The lowest BCUT2D eigenvalue weighted by Crippen LogP contribution is -2.04. The fraction of sp³-hybridized carbons (Fsp3) is 0.467. The van der Waals surface area contributed by atoms with Crippen molar-refractivity contribution in [1.29, 1.82) is 0 Å². The molecule has 5 heteroatoms. The average molecular weight is 317 g/mol. The van der Waals surface area contributed by atoms with Crippen LogP contribution in [0.2, 0.25) is 10.0 Å². The van der Waals surface area contributed by atoms with E-state index in [-0.39, 0.29) is 11.8 Å². The molecule has 0 amide bonds. The summed E-state index contributed by atoms with van der Waals surface area (Å²) >= 11 is 11.9. The molecule has 20 heavy (non-hydrogen) atoms. The van der Waals surface area contributed by atoms with Crippen LogP contribution in [-0.2, 0) is 9.53 Å². The Labute approximate surface area is 129 Å². The van der Waals surface area contributed by atoms with Crippen LogP contribution >= 0.6 is 23.2 Å². The first kappa shape index (κ1) is 17.0. The van der Waals surface area contributed by atoms with Crippen molar-refractivity contribution in [3.05, 3.63) is 33.8 Å². The smallest absolute Gasteiger partial charge is 0.305 e. The van der Waals surface area contributed by atoms with Crippen LogP contribution in [0, 0.1) is 0 Å². The maximum atomic E-state index is 12.0. The number of esters is 1. The first-order chi connectivity index (χ1) is 9.56. The van der Waals surface area contributed by atoms with E-state index in [1.54, 1.807) is 25.1 Å². The number of halogens is 2. The van der Waals surface area contributed by atoms with E-state index < -0.39 is 0 Å². The molecule has 110 valence electrons. The molecule has 0 aliphatic rings. The minimum atomic E-state index is -0.184. The zero-order valence-corrected chi connectivity index (χ0v) is 13.0. The van der Waals surface area contributed by atoms with E-state index in [4.69, 9.17) is 27.9 Å². The third kappa shape index (κ3) is 5.51. The van der Waals surface area contributed by atoms with Crippen molar-refractivity contribution < 1.29 is 14.3 Å². The average Bonchev–Trinajstić information content (AvgIpc) is 2.41. The van der Waals surface area contributed by atoms with Crippen LogP contribution in [0.1, 0.15) is 49.4 Å². The molecule has 0 saturated carbocycles. The molecule has 0 unspecified atom stereocenters. The van der Waals surface area contributed by atoms with Crippen LogP contribution in [0.15, 0.2) is 18.2 Å². The summed E-state index contributed by atoms with van der Waals surface area (Å²) < 4.78 is 4.83. The zero-order valence-electron chi connectivity index (χ0n) is 11.5. The molecule has 3 nitrogen and oxygen atoms in total. The van der Waals surface area contributed by atoms with Crippen molar-refractivity contribution in [3.63, 3.8) is 0 Å². The van der Waals surface area contributed by atoms with E-state index in [2.05, 4.69) is 0 Å². The normalized spacial score (nSPS) is 10.3. The number of hydrogen-bond acceptors (Lipinski definition) is 3. The monoisotopic (exact) mass is 316 g/mol. The molecule has 0 spiro atoms. The van der Waals surface area contributed by atoms with E-state index in [1.807, 2.05) is 0 Å². The quantitative estimate of drug-likeness (QED) is 0.397. The highest BCUT2D eigenvalue weighted by molar-refractivity contribution is 6.43. The van der Waals surface area contributed by atoms with Crippen molar-refractivity contribution >= 4 is 35.0 Å². The molecule has 0 aromatic heterocycles. The van der Waals surface area contributed by atoms with Crippen LogP contribution in [0.4, 0.5) is 0 Å². The molecule has 0 bridgehead atoms. The van der Waals surface area contributed by atoms with Gasteiger partial charge in [0.05, 0.1) is 16.7 Å². The lowest BCUT2D eigenvalue weighted by molar-refractivity contribution is -0.143. The lowest BCUT2D eigenvalue weighted by atomic mass is 10.0. The van der Waals surface area contributed by atoms with Gasteiger partial charge in [-0.3, -0.25) is 9.59 Å². The third-order valence-electron chi connectivity index (χ3n) is 2.84. The molecule has 1 aromatic rings. The lowest BCUT2D eigenvalue weighted by Gasteiger charge is -2.05. The number of ether oxygens (including phenoxy) is 1. The van der Waals surface area contributed by atoms with Crippen molar-refractivity contribution in [2.75, 3.05) is 6.61 Å². The minimum absolute atomic E-state index is 0.0198. The maximum absolute atomic E-state index is 12.0. The van der Waals surface area contributed by atoms with Gasteiger partial charge in [0.25, 0.3) is 0 Å². The van der Waals surface area contributed by atoms with Gasteiger partial charge in [-0.1, -0.05) is 35.7 Å². The Bertz CT molecular complexity index is 472. The number of rotatable bonds is 8. The largest absolute Gasteiger partial charge is 0.466 e. The van der Waals surface area contributed by atoms with Gasteiger partial charge in [-0.25, -0.2) is 0 Å². The molecule has 0 radical (unpaired) electrons. The predicted molar refractivity (Wildman–Crippen MR) is 80.5 cm³/mol. The van der Waals surface area contributed by atoms with E-state index >= 15 is 0 Å². The minimum Gasteiger partial charge on any atom is -0.466 e. The van der Waals surface area contributed by atoms with Gasteiger partial charge in [-0.05, 0) is 31.9 Å². The number of Topliss-reactive ketones (excluding diaryl/α,β-unsaturated/α-hetero) is 1. The molecular weight excluding hydrogens is 299 g/mol. The van der Waals surface area contributed by atoms with E-state index in [0.717, 1.165) is 19.3 Å². The van der Waals surface area contributed by atoms with E-state index in [9.17, 15) is 9.59 Å². The summed E-state index contributed by atoms with van der Waals surface area (Å²) in [5.74, 6) is -0.203. The van der Waals surface area contributed by atoms with Crippen LogP contribution in [0.3, 0.4) is 0 Å². The van der Waals surface area contributed by atoms with Gasteiger partial charge >= 0.3 is 5.97 Å². The highest BCUT2D eigenvalue weighted by Gasteiger charge is 2.12. The Morgan fingerprint density at radius 3 is 2.50 bits per heavy atom. The molecule has 0 aliphatic heterocycles. The second-order valence-corrected chi connectivity index (χ2v) is 5.18. The molecule has 0 saturated heterocycles. The number of carbonyl (C=O) groups is 2. The van der Waals surface area contributed by atoms with E-state index in [0.29, 0.717) is 35.1 Å². The van der Waals surface area contributed by atoms with Gasteiger partial charge in [0.1, 0.15) is 0 Å². The van der Waals surface area contributed by atoms with Crippen molar-refractivity contribution in [2.45, 2.75) is 39.0 Å². The topological polar surface area (TPSA) is 43.4 Å². The standard InChI is InChI=1S/C15H18Cl2O3/c1-2-20-14(19)10-5-3-4-9-13(18)11-7-6-8-12(16)15(11)17/h6-8H,2-5,9-10H2,1H3. The molecule has 1 aromatic carbocycles. The highest BCUT2D eigenvalue weighted by Crippen LogP contribution is 2.26. The zero-order chi connectivity index (χ0) is 15.0. The van der Waals surface area contributed by atoms with Crippen molar-refractivity contribution in [1.82, 2.24) is 0 Å². The molecule has 0 N–H and O–H groups in total. The van der Waals surface area contributed by atoms with Crippen LogP contribution in [0.5, 0.6) is 0 Å². The molecule has 0 fully saturated rings. The van der Waals surface area contributed by atoms with Crippen molar-refractivity contribution in [3.8, 4) is 0 Å². The predicted octanol–water partition coefficient (Wildman–Crippen LogP) is 4.69. The van der Waals surface area contributed by atoms with Gasteiger partial charge < -0.3 is 4.74 Å². The summed E-state index contributed by atoms with van der Waals surface area (Å²) in [4.78, 5) is 23.1. The summed E-state index contributed by atoms with van der Waals surface area (Å²) in [6.07, 6.45) is 3.07. The Hall–Kier alpha value is -1.06. The van der Waals surface area contributed by atoms with Gasteiger partial charge in [-0.15, -0.1) is 0 Å². The number of hydrogen-bond donors (Lipinski definition) is 0. The summed E-state index contributed by atoms with van der Waals surface area (Å²) in [5.41, 5.74) is 0.463. The second-order valence-electron chi connectivity index (χ2n) is 4.39. The summed E-state index contributed by atoms with van der Waals surface area (Å²) in [6, 6.07) is 5.04. The summed E-state index contributed by atoms with van der Waals surface area (Å²) in [7, 11) is 0. The molecule has 0 atom stereocenters. The molecule has 0 heterocycles. The fourth-order valence-corrected chi connectivity index (χ4v) is 2.22. The molecule has 0 aliphatic carbocycles. The second kappa shape index (κ2) is 8.98. The Morgan fingerprint density at radius 1 is 1.10 bits per heavy atom. The van der Waals surface area contributed by atoms with Crippen LogP contribution < -0.4 is 0 Å². The van der Waals surface area contributed by atoms with Gasteiger partial charge in [0, 0.05) is 18.4 Å². The number of ketones is 1. The Kier molecular flexibility index (Phi) is 7.63. The van der Waals surface area contributed by atoms with Gasteiger partial charge in [0.2, 0.25) is 0 Å². The van der Waals surface area contributed by atoms with Gasteiger partial charge in [0.15, 0.2) is 5.78 Å². The molecule has 1 rings (SSSR count). The first-order valence-electron chi connectivity index (χ1n) is 6.69. The third-order valence-corrected chi connectivity index (χ3v) is 3.66. The summed E-state index contributed by atoms with van der Waals surface area (Å²) in [5, 5.41) is 0.700. The maximum Gasteiger partial charge on any atom is 0.305 e. The van der Waals surface area contributed by atoms with Crippen LogP contribution in [0.25, 0.3) is 0 Å².